The lowest BCUT2D eigenvalue weighted by Gasteiger charge is -2.13. The maximum atomic E-state index is 11.7. The molecule has 16 heavy (non-hydrogen) atoms. The van der Waals surface area contributed by atoms with E-state index in [2.05, 4.69) is 4.98 Å². The number of amides is 1. The molecule has 0 unspecified atom stereocenters. The van der Waals surface area contributed by atoms with Crippen LogP contribution in [0.1, 0.15) is 16.1 Å². The minimum atomic E-state index is -1.13. The summed E-state index contributed by atoms with van der Waals surface area (Å²) in [6.07, 6.45) is 1.29. The minimum Gasteiger partial charge on any atom is -0.480 e. The van der Waals surface area contributed by atoms with Gasteiger partial charge in [0.1, 0.15) is 12.1 Å². The molecule has 1 amide bonds. The second-order valence-electron chi connectivity index (χ2n) is 3.45. The maximum absolute atomic E-state index is 11.7. The summed E-state index contributed by atoms with van der Waals surface area (Å²) in [5, 5.41) is 8.51. The fourth-order valence-electron chi connectivity index (χ4n) is 1.22. The predicted molar refractivity (Wildman–Crippen MR) is 56.4 cm³/mol. The van der Waals surface area contributed by atoms with E-state index in [1.165, 1.54) is 19.3 Å². The molecule has 6 heteroatoms. The van der Waals surface area contributed by atoms with Crippen LogP contribution in [-0.2, 0) is 4.79 Å². The molecule has 1 rings (SSSR count). The fourth-order valence-corrected chi connectivity index (χ4v) is 1.22. The number of nitrogens with one attached hydrogen (secondary N) is 1. The molecule has 0 aromatic carbocycles. The normalized spacial score (nSPS) is 9.88. The van der Waals surface area contributed by atoms with Crippen molar-refractivity contribution in [1.29, 1.82) is 0 Å². The van der Waals surface area contributed by atoms with E-state index in [4.69, 9.17) is 5.11 Å². The van der Waals surface area contributed by atoms with Gasteiger partial charge in [0.15, 0.2) is 5.43 Å². The van der Waals surface area contributed by atoms with Crippen LogP contribution in [0, 0.1) is 6.92 Å². The standard InChI is InChI=1S/C10H12N2O4/c1-6-3-8(13)7(4-11-6)10(16)12(2)5-9(14)15/h3-4H,5H2,1-2H3,(H,11,13)(H,14,15). The van der Waals surface area contributed by atoms with Gasteiger partial charge >= 0.3 is 5.97 Å². The van der Waals surface area contributed by atoms with E-state index >= 15 is 0 Å². The zero-order valence-corrected chi connectivity index (χ0v) is 8.98. The Bertz CT molecular complexity index is 478. The van der Waals surface area contributed by atoms with Crippen LogP contribution >= 0.6 is 0 Å². The molecule has 0 aliphatic heterocycles. The van der Waals surface area contributed by atoms with Crippen LogP contribution in [0.3, 0.4) is 0 Å². The van der Waals surface area contributed by atoms with E-state index in [9.17, 15) is 14.4 Å². The van der Waals surface area contributed by atoms with Gasteiger partial charge in [0.05, 0.1) is 0 Å². The number of likely N-dealkylation sites (N-methyl/N-ethyl adjacent to an activating group) is 1. The van der Waals surface area contributed by atoms with E-state index in [0.717, 1.165) is 4.90 Å². The van der Waals surface area contributed by atoms with Gasteiger partial charge in [-0.25, -0.2) is 0 Å². The van der Waals surface area contributed by atoms with Crippen molar-refractivity contribution in [3.05, 3.63) is 33.7 Å². The number of H-pyrrole nitrogens is 1. The molecule has 1 aromatic rings. The molecule has 1 aromatic heterocycles. The summed E-state index contributed by atoms with van der Waals surface area (Å²) in [5.74, 6) is -1.73. The molecule has 0 saturated heterocycles. The molecule has 0 aliphatic rings. The molecule has 1 heterocycles. The second kappa shape index (κ2) is 4.61. The number of carbonyl (C=O) groups excluding carboxylic acids is 1. The number of aryl methyl sites for hydroxylation is 1. The Labute approximate surface area is 91.5 Å². The highest BCUT2D eigenvalue weighted by Crippen LogP contribution is 1.97. The average molecular weight is 224 g/mol. The number of hydrogen-bond acceptors (Lipinski definition) is 3. The predicted octanol–water partition coefficient (Wildman–Crippen LogP) is -0.160. The van der Waals surface area contributed by atoms with E-state index in [-0.39, 0.29) is 5.56 Å². The van der Waals surface area contributed by atoms with Crippen LogP contribution in [-0.4, -0.2) is 40.5 Å². The summed E-state index contributed by atoms with van der Waals surface area (Å²) in [6.45, 7) is 1.25. The van der Waals surface area contributed by atoms with Crippen LogP contribution in [0.4, 0.5) is 0 Å². The monoisotopic (exact) mass is 224 g/mol. The van der Waals surface area contributed by atoms with Gasteiger partial charge in [-0.1, -0.05) is 0 Å². The van der Waals surface area contributed by atoms with Crippen LogP contribution in [0.2, 0.25) is 0 Å². The lowest BCUT2D eigenvalue weighted by atomic mass is 10.2. The Morgan fingerprint density at radius 2 is 2.12 bits per heavy atom. The molecule has 6 nitrogen and oxygen atoms in total. The van der Waals surface area contributed by atoms with Gasteiger partial charge in [0.2, 0.25) is 0 Å². The molecule has 2 N–H and O–H groups in total. The highest BCUT2D eigenvalue weighted by atomic mass is 16.4. The number of carboxylic acid groups (broad SMARTS) is 1. The fraction of sp³-hybridized carbons (Fsp3) is 0.300. The molecule has 86 valence electrons. The van der Waals surface area contributed by atoms with Crippen molar-refractivity contribution in [3.63, 3.8) is 0 Å². The van der Waals surface area contributed by atoms with Gasteiger partial charge in [-0.15, -0.1) is 0 Å². The number of aromatic amines is 1. The largest absolute Gasteiger partial charge is 0.480 e. The van der Waals surface area contributed by atoms with Gasteiger partial charge in [0, 0.05) is 25.0 Å². The topological polar surface area (TPSA) is 90.5 Å². The summed E-state index contributed by atoms with van der Waals surface area (Å²) < 4.78 is 0. The molecular formula is C10H12N2O4. The first kappa shape index (κ1) is 12.0. The average Bonchev–Trinajstić information content (AvgIpc) is 2.15. The van der Waals surface area contributed by atoms with E-state index < -0.39 is 23.9 Å². The Kier molecular flexibility index (Phi) is 3.44. The minimum absolute atomic E-state index is 0.0608. The maximum Gasteiger partial charge on any atom is 0.323 e. The second-order valence-corrected chi connectivity index (χ2v) is 3.45. The number of nitrogens with zero attached hydrogens (tertiary/aromatic N) is 1. The summed E-state index contributed by atoms with van der Waals surface area (Å²) in [5.41, 5.74) is 0.162. The molecular weight excluding hydrogens is 212 g/mol. The first-order chi connectivity index (χ1) is 7.41. The lowest BCUT2D eigenvalue weighted by molar-refractivity contribution is -0.137. The van der Waals surface area contributed by atoms with Crippen molar-refractivity contribution in [2.45, 2.75) is 6.92 Å². The zero-order chi connectivity index (χ0) is 12.3. The van der Waals surface area contributed by atoms with Gasteiger partial charge < -0.3 is 15.0 Å². The number of hydrogen-bond donors (Lipinski definition) is 2. The zero-order valence-electron chi connectivity index (χ0n) is 8.98. The van der Waals surface area contributed by atoms with Gasteiger partial charge in [-0.2, -0.15) is 0 Å². The van der Waals surface area contributed by atoms with Crippen molar-refractivity contribution < 1.29 is 14.7 Å². The number of carboxylic acids is 1. The summed E-state index contributed by atoms with van der Waals surface area (Å²) >= 11 is 0. The molecule has 0 saturated carbocycles. The van der Waals surface area contributed by atoms with Crippen LogP contribution in [0.15, 0.2) is 17.1 Å². The number of aliphatic carboxylic acids is 1. The van der Waals surface area contributed by atoms with E-state index in [1.807, 2.05) is 0 Å². The van der Waals surface area contributed by atoms with Gasteiger partial charge in [0.25, 0.3) is 5.91 Å². The van der Waals surface area contributed by atoms with Crippen LogP contribution < -0.4 is 5.43 Å². The molecule has 0 fully saturated rings. The highest BCUT2D eigenvalue weighted by Gasteiger charge is 2.16. The Balaban J connectivity index is 2.97. The molecule has 0 atom stereocenters. The Morgan fingerprint density at radius 3 is 2.62 bits per heavy atom. The van der Waals surface area contributed by atoms with Crippen LogP contribution in [0.5, 0.6) is 0 Å². The summed E-state index contributed by atoms with van der Waals surface area (Å²) in [7, 11) is 1.33. The quantitative estimate of drug-likeness (QED) is 0.746. The first-order valence-electron chi connectivity index (χ1n) is 4.58. The number of aromatic nitrogens is 1. The molecule has 0 spiro atoms. The van der Waals surface area contributed by atoms with Gasteiger partial charge in [-0.05, 0) is 6.92 Å². The number of rotatable bonds is 3. The molecule has 0 aliphatic carbocycles. The highest BCUT2D eigenvalue weighted by molar-refractivity contribution is 5.95. The first-order valence-corrected chi connectivity index (χ1v) is 4.58. The molecule has 0 bridgehead atoms. The van der Waals surface area contributed by atoms with Crippen molar-refractivity contribution in [2.75, 3.05) is 13.6 Å². The lowest BCUT2D eigenvalue weighted by Crippen LogP contribution is -2.34. The number of pyridine rings is 1. The number of carbonyl (C=O) groups is 2. The SMILES string of the molecule is Cc1cc(=O)c(C(=O)N(C)CC(=O)O)c[nH]1. The summed E-state index contributed by atoms with van der Waals surface area (Å²) in [6, 6.07) is 1.29. The van der Waals surface area contributed by atoms with Crippen molar-refractivity contribution in [1.82, 2.24) is 9.88 Å². The molecule has 0 radical (unpaired) electrons. The van der Waals surface area contributed by atoms with Crippen molar-refractivity contribution in [3.8, 4) is 0 Å². The van der Waals surface area contributed by atoms with Crippen LogP contribution in [0.25, 0.3) is 0 Å². The van der Waals surface area contributed by atoms with E-state index in [0.29, 0.717) is 5.69 Å². The smallest absolute Gasteiger partial charge is 0.323 e. The summed E-state index contributed by atoms with van der Waals surface area (Å²) in [4.78, 5) is 37.2. The van der Waals surface area contributed by atoms with Crippen molar-refractivity contribution in [2.24, 2.45) is 0 Å². The third-order valence-corrected chi connectivity index (χ3v) is 2.01. The Hall–Kier alpha value is -2.11. The third kappa shape index (κ3) is 2.69. The van der Waals surface area contributed by atoms with Gasteiger partial charge in [-0.3, -0.25) is 14.4 Å². The Morgan fingerprint density at radius 1 is 1.50 bits per heavy atom. The van der Waals surface area contributed by atoms with Crippen molar-refractivity contribution >= 4 is 11.9 Å². The van der Waals surface area contributed by atoms with E-state index in [1.54, 1.807) is 6.92 Å². The third-order valence-electron chi connectivity index (χ3n) is 2.01.